The zero-order chi connectivity index (χ0) is 13.5. The minimum atomic E-state index is -1.02. The van der Waals surface area contributed by atoms with Crippen LogP contribution < -0.4 is 11.1 Å². The van der Waals surface area contributed by atoms with E-state index in [1.165, 1.54) is 0 Å². The van der Waals surface area contributed by atoms with Crippen LogP contribution >= 0.6 is 15.9 Å². The van der Waals surface area contributed by atoms with Crippen LogP contribution in [0.2, 0.25) is 0 Å². The number of amides is 1. The lowest BCUT2D eigenvalue weighted by atomic mass is 10.1. The Hall–Kier alpha value is -1.60. The summed E-state index contributed by atoms with van der Waals surface area (Å²) in [5, 5.41) is 11.3. The van der Waals surface area contributed by atoms with Gasteiger partial charge in [0.1, 0.15) is 6.61 Å². The van der Waals surface area contributed by atoms with E-state index in [-0.39, 0.29) is 13.2 Å². The van der Waals surface area contributed by atoms with Crippen LogP contribution in [0.25, 0.3) is 0 Å². The maximum absolute atomic E-state index is 11.2. The van der Waals surface area contributed by atoms with Gasteiger partial charge in [0.2, 0.25) is 0 Å². The van der Waals surface area contributed by atoms with Crippen LogP contribution in [0.15, 0.2) is 22.7 Å². The van der Waals surface area contributed by atoms with E-state index in [2.05, 4.69) is 21.2 Å². The van der Waals surface area contributed by atoms with Gasteiger partial charge in [0.05, 0.1) is 12.2 Å². The number of nitrogens with one attached hydrogen (secondary N) is 1. The Bertz CT molecular complexity index is 451. The van der Waals surface area contributed by atoms with Crippen LogP contribution in [0, 0.1) is 0 Å². The van der Waals surface area contributed by atoms with Gasteiger partial charge in [-0.05, 0) is 18.2 Å². The lowest BCUT2D eigenvalue weighted by molar-refractivity contribution is -0.142. The molecular weight excluding hydrogens is 304 g/mol. The number of carboxylic acid groups (broad SMARTS) is 1. The molecule has 0 radical (unpaired) electrons. The first kappa shape index (κ1) is 14.5. The fourth-order valence-electron chi connectivity index (χ4n) is 1.29. The van der Waals surface area contributed by atoms with E-state index >= 15 is 0 Å². The predicted octanol–water partition coefficient (Wildman–Crippen LogP) is 1.06. The molecule has 0 aliphatic heterocycles. The Morgan fingerprint density at radius 3 is 2.78 bits per heavy atom. The fourth-order valence-corrected chi connectivity index (χ4v) is 1.66. The Labute approximate surface area is 112 Å². The third-order valence-corrected chi connectivity index (χ3v) is 2.53. The first-order valence-electron chi connectivity index (χ1n) is 5.13. The van der Waals surface area contributed by atoms with Gasteiger partial charge in [0.25, 0.3) is 5.91 Å². The monoisotopic (exact) mass is 316 g/mol. The maximum atomic E-state index is 11.2. The Balaban J connectivity index is 2.53. The average Bonchev–Trinajstić information content (AvgIpc) is 2.27. The maximum Gasteiger partial charge on any atom is 0.329 e. The Morgan fingerprint density at radius 2 is 2.17 bits per heavy atom. The van der Waals surface area contributed by atoms with Crippen molar-refractivity contribution >= 4 is 33.5 Å². The fraction of sp³-hybridized carbons (Fsp3) is 0.273. The number of carbonyl (C=O) groups is 2. The third kappa shape index (κ3) is 4.72. The summed E-state index contributed by atoms with van der Waals surface area (Å²) in [5.74, 6) is -1.55. The van der Waals surface area contributed by atoms with Crippen molar-refractivity contribution in [3.63, 3.8) is 0 Å². The van der Waals surface area contributed by atoms with Gasteiger partial charge in [-0.1, -0.05) is 15.9 Å². The van der Waals surface area contributed by atoms with Gasteiger partial charge < -0.3 is 20.9 Å². The number of nitrogens with two attached hydrogens (primary N) is 1. The Morgan fingerprint density at radius 1 is 1.44 bits per heavy atom. The van der Waals surface area contributed by atoms with Crippen molar-refractivity contribution in [3.05, 3.63) is 28.2 Å². The second-order valence-electron chi connectivity index (χ2n) is 3.43. The van der Waals surface area contributed by atoms with E-state index in [9.17, 15) is 9.59 Å². The van der Waals surface area contributed by atoms with Crippen LogP contribution in [0.5, 0.6) is 0 Å². The van der Waals surface area contributed by atoms with E-state index in [1.807, 2.05) is 0 Å². The zero-order valence-corrected chi connectivity index (χ0v) is 11.1. The van der Waals surface area contributed by atoms with Crippen molar-refractivity contribution in [1.29, 1.82) is 0 Å². The molecule has 0 unspecified atom stereocenters. The van der Waals surface area contributed by atoms with Crippen LogP contribution in [0.3, 0.4) is 0 Å². The van der Waals surface area contributed by atoms with Crippen molar-refractivity contribution in [2.75, 3.05) is 25.1 Å². The highest BCUT2D eigenvalue weighted by molar-refractivity contribution is 9.10. The second-order valence-corrected chi connectivity index (χ2v) is 4.34. The molecule has 0 aliphatic rings. The third-order valence-electron chi connectivity index (χ3n) is 2.03. The van der Waals surface area contributed by atoms with Crippen molar-refractivity contribution in [3.8, 4) is 0 Å². The number of carboxylic acids is 1. The summed E-state index contributed by atoms with van der Waals surface area (Å²) in [7, 11) is 0. The summed E-state index contributed by atoms with van der Waals surface area (Å²) in [6.07, 6.45) is 0. The number of hydrogen-bond acceptors (Lipinski definition) is 4. The number of primary amides is 1. The lowest BCUT2D eigenvalue weighted by Gasteiger charge is -2.10. The quantitative estimate of drug-likeness (QED) is 0.653. The molecule has 0 aromatic heterocycles. The minimum Gasteiger partial charge on any atom is -0.480 e. The number of halogens is 1. The van der Waals surface area contributed by atoms with E-state index in [4.69, 9.17) is 15.6 Å². The molecule has 1 aromatic rings. The van der Waals surface area contributed by atoms with Gasteiger partial charge in [0.15, 0.2) is 0 Å². The van der Waals surface area contributed by atoms with Crippen LogP contribution in [-0.4, -0.2) is 36.7 Å². The molecule has 0 bridgehead atoms. The van der Waals surface area contributed by atoms with E-state index < -0.39 is 11.9 Å². The molecule has 0 saturated heterocycles. The van der Waals surface area contributed by atoms with Crippen LogP contribution in [0.1, 0.15) is 10.4 Å². The molecule has 0 spiro atoms. The molecule has 6 nitrogen and oxygen atoms in total. The van der Waals surface area contributed by atoms with Crippen molar-refractivity contribution in [2.24, 2.45) is 5.73 Å². The molecule has 4 N–H and O–H groups in total. The van der Waals surface area contributed by atoms with Gasteiger partial charge in [-0.2, -0.15) is 0 Å². The van der Waals surface area contributed by atoms with Crippen molar-refractivity contribution in [1.82, 2.24) is 0 Å². The normalized spacial score (nSPS) is 10.1. The summed E-state index contributed by atoms with van der Waals surface area (Å²) in [5.41, 5.74) is 6.18. The van der Waals surface area contributed by atoms with E-state index in [1.54, 1.807) is 18.2 Å². The topological polar surface area (TPSA) is 102 Å². The first-order chi connectivity index (χ1) is 8.50. The SMILES string of the molecule is NC(=O)c1ccc(Br)cc1NCCOCC(=O)O. The molecule has 98 valence electrons. The summed E-state index contributed by atoms with van der Waals surface area (Å²) in [4.78, 5) is 21.4. The first-order valence-corrected chi connectivity index (χ1v) is 5.93. The molecular formula is C11H13BrN2O4. The predicted molar refractivity (Wildman–Crippen MR) is 69.6 cm³/mol. The summed E-state index contributed by atoms with van der Waals surface area (Å²) < 4.78 is 5.66. The zero-order valence-electron chi connectivity index (χ0n) is 9.48. The van der Waals surface area contributed by atoms with Gasteiger partial charge in [-0.3, -0.25) is 4.79 Å². The molecule has 1 aromatic carbocycles. The number of benzene rings is 1. The van der Waals surface area contributed by atoms with Crippen molar-refractivity contribution in [2.45, 2.75) is 0 Å². The number of carbonyl (C=O) groups excluding carboxylic acids is 1. The molecule has 0 saturated carbocycles. The van der Waals surface area contributed by atoms with E-state index in [0.29, 0.717) is 17.8 Å². The van der Waals surface area contributed by atoms with Crippen LogP contribution in [0.4, 0.5) is 5.69 Å². The summed E-state index contributed by atoms with van der Waals surface area (Å²) in [6.45, 7) is 0.254. The van der Waals surface area contributed by atoms with Gasteiger partial charge >= 0.3 is 5.97 Å². The highest BCUT2D eigenvalue weighted by Crippen LogP contribution is 2.20. The number of rotatable bonds is 7. The molecule has 0 heterocycles. The Kier molecular flexibility index (Phi) is 5.60. The molecule has 18 heavy (non-hydrogen) atoms. The molecule has 7 heteroatoms. The van der Waals surface area contributed by atoms with Gasteiger partial charge in [-0.15, -0.1) is 0 Å². The largest absolute Gasteiger partial charge is 0.480 e. The highest BCUT2D eigenvalue weighted by Gasteiger charge is 2.08. The second kappa shape index (κ2) is 6.97. The van der Waals surface area contributed by atoms with Crippen molar-refractivity contribution < 1.29 is 19.4 Å². The molecule has 0 fully saturated rings. The summed E-state index contributed by atoms with van der Waals surface area (Å²) >= 11 is 3.29. The standard InChI is InChI=1S/C11H13BrN2O4/c12-7-1-2-8(11(13)17)9(5-7)14-3-4-18-6-10(15)16/h1-2,5,14H,3-4,6H2,(H2,13,17)(H,15,16). The minimum absolute atomic E-state index is 0.219. The smallest absolute Gasteiger partial charge is 0.329 e. The summed E-state index contributed by atoms with van der Waals surface area (Å²) in [6, 6.07) is 5.04. The van der Waals surface area contributed by atoms with Crippen LogP contribution in [-0.2, 0) is 9.53 Å². The number of aliphatic carboxylic acids is 1. The average molecular weight is 317 g/mol. The van der Waals surface area contributed by atoms with E-state index in [0.717, 1.165) is 4.47 Å². The number of anilines is 1. The number of ether oxygens (including phenoxy) is 1. The molecule has 0 atom stereocenters. The van der Waals surface area contributed by atoms with Gasteiger partial charge in [0, 0.05) is 16.7 Å². The molecule has 1 rings (SSSR count). The van der Waals surface area contributed by atoms with Gasteiger partial charge in [-0.25, -0.2) is 4.79 Å². The number of hydrogen-bond donors (Lipinski definition) is 3. The lowest BCUT2D eigenvalue weighted by Crippen LogP contribution is -2.18. The molecule has 1 amide bonds. The molecule has 0 aliphatic carbocycles. The highest BCUT2D eigenvalue weighted by atomic mass is 79.9.